The highest BCUT2D eigenvalue weighted by Gasteiger charge is 2.40. The van der Waals surface area contributed by atoms with Crippen LogP contribution in [0.5, 0.6) is 0 Å². The third-order valence-corrected chi connectivity index (χ3v) is 9.44. The van der Waals surface area contributed by atoms with Crippen LogP contribution in [-0.2, 0) is 0 Å². The van der Waals surface area contributed by atoms with Crippen LogP contribution >= 0.6 is 11.8 Å². The molecule has 0 heterocycles. The summed E-state index contributed by atoms with van der Waals surface area (Å²) in [5, 5.41) is 0. The van der Waals surface area contributed by atoms with Crippen molar-refractivity contribution in [3.8, 4) is 0 Å². The Bertz CT molecular complexity index is 307. The van der Waals surface area contributed by atoms with Crippen molar-refractivity contribution in [3.05, 3.63) is 0 Å². The largest absolute Gasteiger partial charge is 0.148 e. The van der Waals surface area contributed by atoms with Crippen molar-refractivity contribution in [2.75, 3.05) is 0 Å². The van der Waals surface area contributed by atoms with E-state index in [9.17, 15) is 0 Å². The van der Waals surface area contributed by atoms with Gasteiger partial charge in [-0.15, -0.1) is 11.8 Å². The van der Waals surface area contributed by atoms with Crippen molar-refractivity contribution >= 4 is 11.8 Å². The maximum atomic E-state index is 2.57. The number of thioether (sulfide) groups is 1. The van der Waals surface area contributed by atoms with Crippen LogP contribution in [0.2, 0.25) is 0 Å². The number of hydrogen-bond donors (Lipinski definition) is 0. The molecule has 0 fully saturated rings. The summed E-state index contributed by atoms with van der Waals surface area (Å²) in [5.41, 5.74) is 0. The standard InChI is InChI=1S/C30H62S/c1-7-13-19-25-29(23-17-11-5,26-20-14-8-2)31-30(24-18-12-6,27-21-15-9-3)28-22-16-10-4/h7-28H2,1-6H3. The first kappa shape index (κ1) is 31.4. The fourth-order valence-corrected chi connectivity index (χ4v) is 7.70. The summed E-state index contributed by atoms with van der Waals surface area (Å²) in [6.07, 6.45) is 31.4. The van der Waals surface area contributed by atoms with Crippen LogP contribution in [0.1, 0.15) is 183 Å². The molecular formula is C30H62S. The van der Waals surface area contributed by atoms with Gasteiger partial charge < -0.3 is 0 Å². The predicted octanol–water partition coefficient (Wildman–Crippen LogP) is 11.9. The molecule has 0 bridgehead atoms. The van der Waals surface area contributed by atoms with E-state index in [4.69, 9.17) is 0 Å². The zero-order chi connectivity index (χ0) is 23.3. The van der Waals surface area contributed by atoms with Crippen LogP contribution in [0, 0.1) is 0 Å². The molecule has 0 unspecified atom stereocenters. The Labute approximate surface area is 203 Å². The van der Waals surface area contributed by atoms with Gasteiger partial charge in [0, 0.05) is 9.49 Å². The average molecular weight is 455 g/mol. The minimum absolute atomic E-state index is 0.548. The molecule has 0 aromatic rings. The zero-order valence-electron chi connectivity index (χ0n) is 23.0. The van der Waals surface area contributed by atoms with Crippen molar-refractivity contribution in [2.45, 2.75) is 192 Å². The molecule has 31 heavy (non-hydrogen) atoms. The predicted molar refractivity (Wildman–Crippen MR) is 149 cm³/mol. The van der Waals surface area contributed by atoms with Crippen molar-refractivity contribution < 1.29 is 0 Å². The molecule has 0 aliphatic rings. The van der Waals surface area contributed by atoms with Gasteiger partial charge in [0.1, 0.15) is 0 Å². The molecule has 0 aliphatic heterocycles. The maximum absolute atomic E-state index is 2.57. The van der Waals surface area contributed by atoms with E-state index in [1.807, 2.05) is 0 Å². The molecule has 0 aromatic heterocycles. The SMILES string of the molecule is CCCCCC(CCCC)(CCCCC)SC(CCCC)(CCCCC)CCCCC. The van der Waals surface area contributed by atoms with Gasteiger partial charge in [-0.25, -0.2) is 0 Å². The van der Waals surface area contributed by atoms with Crippen LogP contribution in [0.4, 0.5) is 0 Å². The smallest absolute Gasteiger partial charge is 0.0165 e. The van der Waals surface area contributed by atoms with Gasteiger partial charge >= 0.3 is 0 Å². The molecule has 0 aromatic carbocycles. The summed E-state index contributed by atoms with van der Waals surface area (Å²) in [6.45, 7) is 14.3. The second-order valence-corrected chi connectivity index (χ2v) is 12.4. The van der Waals surface area contributed by atoms with E-state index < -0.39 is 0 Å². The summed E-state index contributed by atoms with van der Waals surface area (Å²) in [6, 6.07) is 0. The molecule has 0 saturated heterocycles. The van der Waals surface area contributed by atoms with E-state index in [1.54, 1.807) is 0 Å². The molecule has 0 nitrogen and oxygen atoms in total. The quantitative estimate of drug-likeness (QED) is 0.131. The molecule has 0 atom stereocenters. The van der Waals surface area contributed by atoms with E-state index in [-0.39, 0.29) is 0 Å². The summed E-state index contributed by atoms with van der Waals surface area (Å²) < 4.78 is 1.10. The second kappa shape index (κ2) is 20.9. The highest BCUT2D eigenvalue weighted by Crippen LogP contribution is 2.53. The summed E-state index contributed by atoms with van der Waals surface area (Å²) in [7, 11) is 0. The Balaban J connectivity index is 5.81. The van der Waals surface area contributed by atoms with Gasteiger partial charge in [-0.05, 0) is 38.5 Å². The van der Waals surface area contributed by atoms with E-state index in [1.165, 1.54) is 141 Å². The normalized spacial score (nSPS) is 12.6. The third-order valence-electron chi connectivity index (χ3n) is 7.35. The Morgan fingerprint density at radius 3 is 0.774 bits per heavy atom. The molecule has 188 valence electrons. The Morgan fingerprint density at radius 2 is 0.548 bits per heavy atom. The van der Waals surface area contributed by atoms with Gasteiger partial charge in [0.25, 0.3) is 0 Å². The number of unbranched alkanes of at least 4 members (excludes halogenated alkanes) is 10. The zero-order valence-corrected chi connectivity index (χ0v) is 23.8. The first-order valence-electron chi connectivity index (χ1n) is 14.8. The Morgan fingerprint density at radius 1 is 0.323 bits per heavy atom. The van der Waals surface area contributed by atoms with Crippen LogP contribution in [-0.4, -0.2) is 9.49 Å². The topological polar surface area (TPSA) is 0 Å². The van der Waals surface area contributed by atoms with Gasteiger partial charge in [0.2, 0.25) is 0 Å². The van der Waals surface area contributed by atoms with Crippen LogP contribution in [0.3, 0.4) is 0 Å². The van der Waals surface area contributed by atoms with E-state index in [0.717, 1.165) is 0 Å². The highest BCUT2D eigenvalue weighted by atomic mass is 32.2. The molecule has 0 amide bonds. The van der Waals surface area contributed by atoms with E-state index in [2.05, 4.69) is 53.3 Å². The number of rotatable bonds is 24. The highest BCUT2D eigenvalue weighted by molar-refractivity contribution is 8.02. The van der Waals surface area contributed by atoms with Crippen LogP contribution in [0.25, 0.3) is 0 Å². The minimum Gasteiger partial charge on any atom is -0.148 e. The van der Waals surface area contributed by atoms with E-state index in [0.29, 0.717) is 9.49 Å². The van der Waals surface area contributed by atoms with Gasteiger partial charge in [0.15, 0.2) is 0 Å². The van der Waals surface area contributed by atoms with E-state index >= 15 is 0 Å². The van der Waals surface area contributed by atoms with Crippen molar-refractivity contribution in [3.63, 3.8) is 0 Å². The molecule has 0 rings (SSSR count). The lowest BCUT2D eigenvalue weighted by atomic mass is 9.88. The molecule has 0 aliphatic carbocycles. The summed E-state index contributed by atoms with van der Waals surface area (Å²) >= 11 is 2.57. The van der Waals surface area contributed by atoms with Crippen molar-refractivity contribution in [2.24, 2.45) is 0 Å². The monoisotopic (exact) mass is 454 g/mol. The van der Waals surface area contributed by atoms with Crippen molar-refractivity contribution in [1.82, 2.24) is 0 Å². The first-order chi connectivity index (χ1) is 15.1. The summed E-state index contributed by atoms with van der Waals surface area (Å²) in [5.74, 6) is 0. The van der Waals surface area contributed by atoms with Gasteiger partial charge in [-0.1, -0.05) is 144 Å². The summed E-state index contributed by atoms with van der Waals surface area (Å²) in [4.78, 5) is 0. The van der Waals surface area contributed by atoms with Gasteiger partial charge in [0.05, 0.1) is 0 Å². The van der Waals surface area contributed by atoms with Crippen LogP contribution in [0.15, 0.2) is 0 Å². The average Bonchev–Trinajstić information content (AvgIpc) is 2.77. The van der Waals surface area contributed by atoms with Crippen LogP contribution < -0.4 is 0 Å². The lowest BCUT2D eigenvalue weighted by Gasteiger charge is -2.45. The maximum Gasteiger partial charge on any atom is 0.0165 e. The second-order valence-electron chi connectivity index (χ2n) is 10.5. The lowest BCUT2D eigenvalue weighted by molar-refractivity contribution is 0.382. The first-order valence-corrected chi connectivity index (χ1v) is 15.6. The molecular weight excluding hydrogens is 392 g/mol. The molecule has 0 spiro atoms. The van der Waals surface area contributed by atoms with Gasteiger partial charge in [-0.2, -0.15) is 0 Å². The molecule has 0 radical (unpaired) electrons. The fourth-order valence-electron chi connectivity index (χ4n) is 5.30. The third kappa shape index (κ3) is 15.0. The molecule has 0 N–H and O–H groups in total. The fraction of sp³-hybridized carbons (Fsp3) is 1.00. The Kier molecular flexibility index (Phi) is 21.2. The lowest BCUT2D eigenvalue weighted by Crippen LogP contribution is -2.36. The molecule has 0 saturated carbocycles. The minimum atomic E-state index is 0.548. The Hall–Kier alpha value is 0.350. The van der Waals surface area contributed by atoms with Gasteiger partial charge in [-0.3, -0.25) is 0 Å². The van der Waals surface area contributed by atoms with Crippen molar-refractivity contribution in [1.29, 1.82) is 0 Å². The number of hydrogen-bond acceptors (Lipinski definition) is 1. The molecule has 1 heteroatoms.